The molecule has 0 radical (unpaired) electrons. The molecule has 3 aromatic rings. The Morgan fingerprint density at radius 3 is 2.43 bits per heavy atom. The van der Waals surface area contributed by atoms with Crippen LogP contribution in [0.25, 0.3) is 0 Å². The van der Waals surface area contributed by atoms with Gasteiger partial charge < -0.3 is 20.3 Å². The summed E-state index contributed by atoms with van der Waals surface area (Å²) in [4.78, 5) is 32.8. The molecule has 7 nitrogen and oxygen atoms in total. The molecular weight excluding hydrogens is 485 g/mol. The number of alkyl halides is 3. The highest BCUT2D eigenvalue weighted by Crippen LogP contribution is 2.34. The zero-order chi connectivity index (χ0) is 26.0. The number of morpholine rings is 1. The largest absolute Gasteiger partial charge is 0.416 e. The standard InChI is InChI=1S/C27H23F3N4O3/c28-27(29,30)18-10-11-20(22(16-18)34-12-14-37-15-13-34)25(35)33-24-26(36)31-21-9-5-4-8-19(21)23(32-24)17-6-2-1-3-7-17/h1-11,16,24H,12-15H2,(H,31,36)(H,33,35)/t24-/m1/s1. The molecule has 0 bridgehead atoms. The molecule has 0 spiro atoms. The molecule has 3 aromatic carbocycles. The Morgan fingerprint density at radius 1 is 1.00 bits per heavy atom. The third-order valence-electron chi connectivity index (χ3n) is 6.18. The number of hydrogen-bond acceptors (Lipinski definition) is 5. The van der Waals surface area contributed by atoms with E-state index < -0.39 is 29.7 Å². The number of amides is 2. The summed E-state index contributed by atoms with van der Waals surface area (Å²) in [5.74, 6) is -1.27. The van der Waals surface area contributed by atoms with Crippen molar-refractivity contribution in [3.63, 3.8) is 0 Å². The van der Waals surface area contributed by atoms with Crippen LogP contribution in [-0.4, -0.2) is 50.0 Å². The molecule has 2 amide bonds. The van der Waals surface area contributed by atoms with Crippen LogP contribution >= 0.6 is 0 Å². The van der Waals surface area contributed by atoms with Crippen LogP contribution in [0.3, 0.4) is 0 Å². The molecule has 2 aliphatic rings. The van der Waals surface area contributed by atoms with Crippen LogP contribution in [0.5, 0.6) is 0 Å². The van der Waals surface area contributed by atoms with Crippen LogP contribution in [0.15, 0.2) is 77.8 Å². The maximum absolute atomic E-state index is 13.5. The van der Waals surface area contributed by atoms with E-state index in [2.05, 4.69) is 15.6 Å². The second-order valence-corrected chi connectivity index (χ2v) is 8.58. The number of para-hydroxylation sites is 1. The summed E-state index contributed by atoms with van der Waals surface area (Å²) in [6.07, 6.45) is -5.88. The first kappa shape index (κ1) is 24.5. The molecule has 37 heavy (non-hydrogen) atoms. The van der Waals surface area contributed by atoms with Crippen LogP contribution in [0, 0.1) is 0 Å². The quantitative estimate of drug-likeness (QED) is 0.556. The van der Waals surface area contributed by atoms with Crippen LogP contribution < -0.4 is 15.5 Å². The Hall–Kier alpha value is -4.18. The van der Waals surface area contributed by atoms with E-state index in [-0.39, 0.29) is 11.3 Å². The number of ether oxygens (including phenoxy) is 1. The van der Waals surface area contributed by atoms with Crippen molar-refractivity contribution in [2.45, 2.75) is 12.3 Å². The summed E-state index contributed by atoms with van der Waals surface area (Å²) in [5.41, 5.74) is 1.74. The molecule has 1 fully saturated rings. The lowest BCUT2D eigenvalue weighted by molar-refractivity contribution is -0.137. The molecule has 1 saturated heterocycles. The molecular formula is C27H23F3N4O3. The van der Waals surface area contributed by atoms with Crippen LogP contribution in [0.1, 0.15) is 27.0 Å². The van der Waals surface area contributed by atoms with E-state index in [0.29, 0.717) is 43.3 Å². The highest BCUT2D eigenvalue weighted by molar-refractivity contribution is 6.20. The number of rotatable bonds is 4. The van der Waals surface area contributed by atoms with E-state index in [1.165, 1.54) is 0 Å². The highest BCUT2D eigenvalue weighted by atomic mass is 19.4. The van der Waals surface area contributed by atoms with Gasteiger partial charge >= 0.3 is 6.18 Å². The fourth-order valence-electron chi connectivity index (χ4n) is 4.35. The summed E-state index contributed by atoms with van der Waals surface area (Å²) in [6, 6.07) is 19.3. The molecule has 2 heterocycles. The van der Waals surface area contributed by atoms with E-state index in [4.69, 9.17) is 4.74 Å². The molecule has 0 saturated carbocycles. The number of carbonyl (C=O) groups is 2. The second kappa shape index (κ2) is 10.1. The van der Waals surface area contributed by atoms with Crippen LogP contribution in [-0.2, 0) is 15.7 Å². The van der Waals surface area contributed by atoms with Crippen molar-refractivity contribution in [3.8, 4) is 0 Å². The summed E-state index contributed by atoms with van der Waals surface area (Å²) < 4.78 is 45.7. The minimum Gasteiger partial charge on any atom is -0.378 e. The SMILES string of the molecule is O=C(N[C@H]1N=C(c2ccccc2)c2ccccc2NC1=O)c1ccc(C(F)(F)F)cc1N1CCOCC1. The van der Waals surface area contributed by atoms with Gasteiger partial charge in [0, 0.05) is 24.2 Å². The molecule has 1 atom stereocenters. The van der Waals surface area contributed by atoms with Gasteiger partial charge in [0.15, 0.2) is 0 Å². The Morgan fingerprint density at radius 2 is 1.70 bits per heavy atom. The predicted molar refractivity (Wildman–Crippen MR) is 133 cm³/mol. The molecule has 10 heteroatoms. The number of anilines is 2. The summed E-state index contributed by atoms with van der Waals surface area (Å²) in [6.45, 7) is 1.31. The van der Waals surface area contributed by atoms with Gasteiger partial charge in [-0.1, -0.05) is 48.5 Å². The van der Waals surface area contributed by atoms with Crippen LogP contribution in [0.4, 0.5) is 24.5 Å². The zero-order valence-electron chi connectivity index (χ0n) is 19.6. The Labute approximate surface area is 211 Å². The van der Waals surface area contributed by atoms with Gasteiger partial charge in [-0.3, -0.25) is 9.59 Å². The third-order valence-corrected chi connectivity index (χ3v) is 6.18. The van der Waals surface area contributed by atoms with Gasteiger partial charge in [0.25, 0.3) is 11.8 Å². The van der Waals surface area contributed by atoms with E-state index in [0.717, 1.165) is 23.8 Å². The van der Waals surface area contributed by atoms with Crippen LogP contribution in [0.2, 0.25) is 0 Å². The third kappa shape index (κ3) is 5.19. The molecule has 0 aliphatic carbocycles. The number of hydrogen-bond donors (Lipinski definition) is 2. The van der Waals surface area contributed by atoms with Crippen molar-refractivity contribution in [1.82, 2.24) is 5.32 Å². The average Bonchev–Trinajstić information content (AvgIpc) is 3.05. The van der Waals surface area contributed by atoms with Gasteiger partial charge in [-0.2, -0.15) is 13.2 Å². The van der Waals surface area contributed by atoms with Gasteiger partial charge in [0.2, 0.25) is 6.17 Å². The molecule has 0 unspecified atom stereocenters. The van der Waals surface area contributed by atoms with Crippen molar-refractivity contribution in [2.24, 2.45) is 4.99 Å². The van der Waals surface area contributed by atoms with Gasteiger partial charge in [-0.05, 0) is 24.3 Å². The first-order valence-electron chi connectivity index (χ1n) is 11.7. The van der Waals surface area contributed by atoms with Gasteiger partial charge in [0.05, 0.1) is 41.4 Å². The molecule has 5 rings (SSSR count). The molecule has 0 aromatic heterocycles. The molecule has 2 aliphatic heterocycles. The highest BCUT2D eigenvalue weighted by Gasteiger charge is 2.34. The first-order chi connectivity index (χ1) is 17.8. The lowest BCUT2D eigenvalue weighted by Crippen LogP contribution is -2.43. The zero-order valence-corrected chi connectivity index (χ0v) is 19.6. The first-order valence-corrected chi connectivity index (χ1v) is 11.7. The predicted octanol–water partition coefficient (Wildman–Crippen LogP) is 4.09. The fraction of sp³-hybridized carbons (Fsp3) is 0.222. The smallest absolute Gasteiger partial charge is 0.378 e. The van der Waals surface area contributed by atoms with E-state index >= 15 is 0 Å². The number of nitrogens with one attached hydrogen (secondary N) is 2. The Bertz CT molecular complexity index is 1350. The maximum Gasteiger partial charge on any atom is 0.416 e. The minimum atomic E-state index is -4.57. The Balaban J connectivity index is 1.52. The summed E-state index contributed by atoms with van der Waals surface area (Å²) in [7, 11) is 0. The van der Waals surface area contributed by atoms with Crippen molar-refractivity contribution in [1.29, 1.82) is 0 Å². The number of benzodiazepines with no additional fused rings is 1. The maximum atomic E-state index is 13.5. The van der Waals surface area contributed by atoms with E-state index in [1.54, 1.807) is 17.0 Å². The van der Waals surface area contributed by atoms with Gasteiger partial charge in [-0.15, -0.1) is 0 Å². The molecule has 190 valence electrons. The van der Waals surface area contributed by atoms with Gasteiger partial charge in [0.1, 0.15) is 0 Å². The van der Waals surface area contributed by atoms with Gasteiger partial charge in [-0.25, -0.2) is 4.99 Å². The van der Waals surface area contributed by atoms with E-state index in [9.17, 15) is 22.8 Å². The average molecular weight is 509 g/mol. The van der Waals surface area contributed by atoms with Crippen molar-refractivity contribution in [3.05, 3.63) is 95.1 Å². The second-order valence-electron chi connectivity index (χ2n) is 8.58. The van der Waals surface area contributed by atoms with Crippen molar-refractivity contribution < 1.29 is 27.5 Å². The lowest BCUT2D eigenvalue weighted by Gasteiger charge is -2.31. The number of halogens is 3. The summed E-state index contributed by atoms with van der Waals surface area (Å²) >= 11 is 0. The number of nitrogens with zero attached hydrogens (tertiary/aromatic N) is 2. The van der Waals surface area contributed by atoms with Crippen molar-refractivity contribution in [2.75, 3.05) is 36.5 Å². The lowest BCUT2D eigenvalue weighted by atomic mass is 10.0. The number of carbonyl (C=O) groups excluding carboxylic acids is 2. The topological polar surface area (TPSA) is 83.0 Å². The number of aliphatic imine (C=N–C) groups is 1. The molecule has 2 N–H and O–H groups in total. The van der Waals surface area contributed by atoms with Crippen molar-refractivity contribution >= 4 is 28.9 Å². The fourth-order valence-corrected chi connectivity index (χ4v) is 4.35. The number of fused-ring (bicyclic) bond motifs is 1. The monoisotopic (exact) mass is 508 g/mol. The normalized spacial score (nSPS) is 17.8. The van der Waals surface area contributed by atoms with E-state index in [1.807, 2.05) is 42.5 Å². The minimum absolute atomic E-state index is 0.0147. The number of benzene rings is 3. The Kier molecular flexibility index (Phi) is 6.66. The summed E-state index contributed by atoms with van der Waals surface area (Å²) in [5, 5.41) is 5.41.